The summed E-state index contributed by atoms with van der Waals surface area (Å²) in [6, 6.07) is 13.5. The smallest absolute Gasteiger partial charge is 0.287 e. The number of rotatable bonds is 6. The molecule has 2 aromatic rings. The minimum atomic E-state index is -0.213. The molecule has 1 saturated carbocycles. The van der Waals surface area contributed by atoms with E-state index in [0.717, 1.165) is 18.4 Å². The Hall–Kier alpha value is -2.56. The molecule has 2 N–H and O–H groups in total. The Morgan fingerprint density at radius 1 is 1.12 bits per heavy atom. The zero-order valence-electron chi connectivity index (χ0n) is 14.5. The van der Waals surface area contributed by atoms with Gasteiger partial charge in [0, 0.05) is 6.92 Å². The predicted molar refractivity (Wildman–Crippen MR) is 94.8 cm³/mol. The van der Waals surface area contributed by atoms with Gasteiger partial charge in [0.15, 0.2) is 5.76 Å². The van der Waals surface area contributed by atoms with E-state index in [9.17, 15) is 9.59 Å². The number of benzene rings is 1. The first-order valence-electron chi connectivity index (χ1n) is 8.82. The number of carbonyl (C=O) groups excluding carboxylic acids is 2. The Balaban J connectivity index is 1.71. The van der Waals surface area contributed by atoms with Gasteiger partial charge in [-0.25, -0.2) is 0 Å². The van der Waals surface area contributed by atoms with Gasteiger partial charge in [0.1, 0.15) is 5.76 Å². The summed E-state index contributed by atoms with van der Waals surface area (Å²) >= 11 is 0. The molecule has 1 aromatic carbocycles. The molecule has 0 saturated heterocycles. The van der Waals surface area contributed by atoms with Gasteiger partial charge >= 0.3 is 0 Å². The van der Waals surface area contributed by atoms with Crippen molar-refractivity contribution in [2.24, 2.45) is 5.92 Å². The predicted octanol–water partition coefficient (Wildman–Crippen LogP) is 3.58. The molecular weight excluding hydrogens is 316 g/mol. The molecule has 2 amide bonds. The second-order valence-electron chi connectivity index (χ2n) is 6.58. The fourth-order valence-electron chi connectivity index (χ4n) is 3.44. The number of hydrogen-bond donors (Lipinski definition) is 2. The van der Waals surface area contributed by atoms with Crippen LogP contribution in [0, 0.1) is 5.92 Å². The first-order valence-corrected chi connectivity index (χ1v) is 8.82. The summed E-state index contributed by atoms with van der Waals surface area (Å²) in [4.78, 5) is 23.6. The largest absolute Gasteiger partial charge is 0.454 e. The van der Waals surface area contributed by atoms with Crippen LogP contribution < -0.4 is 10.6 Å². The highest BCUT2D eigenvalue weighted by Gasteiger charge is 2.28. The van der Waals surface area contributed by atoms with Gasteiger partial charge in [-0.3, -0.25) is 9.59 Å². The van der Waals surface area contributed by atoms with E-state index in [1.54, 1.807) is 12.1 Å². The van der Waals surface area contributed by atoms with Gasteiger partial charge in [-0.15, -0.1) is 0 Å². The highest BCUT2D eigenvalue weighted by atomic mass is 16.4. The summed E-state index contributed by atoms with van der Waals surface area (Å²) in [5, 5.41) is 5.81. The molecule has 1 aliphatic carbocycles. The molecule has 5 nitrogen and oxygen atoms in total. The Morgan fingerprint density at radius 2 is 1.84 bits per heavy atom. The SMILES string of the molecule is CC(=O)NCc1ccc(C(=O)N[C@@H](c2ccccc2)C2CCCC2)o1. The van der Waals surface area contributed by atoms with Crippen LogP contribution in [-0.4, -0.2) is 11.8 Å². The van der Waals surface area contributed by atoms with E-state index >= 15 is 0 Å². The van der Waals surface area contributed by atoms with Gasteiger partial charge < -0.3 is 15.1 Å². The third-order valence-electron chi connectivity index (χ3n) is 4.71. The van der Waals surface area contributed by atoms with Crippen molar-refractivity contribution in [1.82, 2.24) is 10.6 Å². The monoisotopic (exact) mass is 340 g/mol. The second kappa shape index (κ2) is 8.01. The molecule has 0 unspecified atom stereocenters. The zero-order valence-corrected chi connectivity index (χ0v) is 14.5. The van der Waals surface area contributed by atoms with E-state index < -0.39 is 0 Å². The quantitative estimate of drug-likeness (QED) is 0.844. The summed E-state index contributed by atoms with van der Waals surface area (Å²) in [5.74, 6) is 0.958. The van der Waals surface area contributed by atoms with E-state index in [0.29, 0.717) is 11.7 Å². The maximum atomic E-state index is 12.6. The number of amides is 2. The van der Waals surface area contributed by atoms with Crippen molar-refractivity contribution in [2.75, 3.05) is 0 Å². The maximum absolute atomic E-state index is 12.6. The number of furan rings is 1. The van der Waals surface area contributed by atoms with Crippen LogP contribution in [-0.2, 0) is 11.3 Å². The minimum absolute atomic E-state index is 0.0000876. The van der Waals surface area contributed by atoms with Crippen molar-refractivity contribution in [3.05, 3.63) is 59.5 Å². The molecular formula is C20H24N2O3. The molecule has 1 aromatic heterocycles. The molecule has 1 aliphatic rings. The molecule has 1 atom stereocenters. The Morgan fingerprint density at radius 3 is 2.52 bits per heavy atom. The highest BCUT2D eigenvalue weighted by Crippen LogP contribution is 2.35. The molecule has 0 radical (unpaired) electrons. The number of carbonyl (C=O) groups is 2. The lowest BCUT2D eigenvalue weighted by Crippen LogP contribution is -2.32. The van der Waals surface area contributed by atoms with Crippen LogP contribution in [0.25, 0.3) is 0 Å². The van der Waals surface area contributed by atoms with Crippen molar-refractivity contribution < 1.29 is 14.0 Å². The van der Waals surface area contributed by atoms with Gasteiger partial charge in [0.2, 0.25) is 5.91 Å². The lowest BCUT2D eigenvalue weighted by Gasteiger charge is -2.24. The Labute approximate surface area is 147 Å². The van der Waals surface area contributed by atoms with Crippen molar-refractivity contribution in [3.8, 4) is 0 Å². The molecule has 25 heavy (non-hydrogen) atoms. The van der Waals surface area contributed by atoms with Gasteiger partial charge in [-0.1, -0.05) is 43.2 Å². The summed E-state index contributed by atoms with van der Waals surface area (Å²) < 4.78 is 5.57. The first kappa shape index (κ1) is 17.3. The molecule has 0 bridgehead atoms. The van der Waals surface area contributed by atoms with Gasteiger partial charge in [-0.2, -0.15) is 0 Å². The van der Waals surface area contributed by atoms with Crippen LogP contribution in [0.15, 0.2) is 46.9 Å². The molecule has 5 heteroatoms. The molecule has 0 aliphatic heterocycles. The number of nitrogens with one attached hydrogen (secondary N) is 2. The highest BCUT2D eigenvalue weighted by molar-refractivity contribution is 5.91. The second-order valence-corrected chi connectivity index (χ2v) is 6.58. The van der Waals surface area contributed by atoms with Crippen LogP contribution in [0.4, 0.5) is 0 Å². The molecule has 3 rings (SSSR count). The van der Waals surface area contributed by atoms with Crippen LogP contribution in [0.3, 0.4) is 0 Å². The summed E-state index contributed by atoms with van der Waals surface area (Å²) in [6.07, 6.45) is 4.69. The van der Waals surface area contributed by atoms with Crippen molar-refractivity contribution in [2.45, 2.75) is 45.2 Å². The molecule has 0 spiro atoms. The van der Waals surface area contributed by atoms with Crippen molar-refractivity contribution >= 4 is 11.8 Å². The first-order chi connectivity index (χ1) is 12.1. The average Bonchev–Trinajstić information content (AvgIpc) is 3.30. The normalized spacial score (nSPS) is 15.7. The minimum Gasteiger partial charge on any atom is -0.454 e. The van der Waals surface area contributed by atoms with Crippen molar-refractivity contribution in [1.29, 1.82) is 0 Å². The third-order valence-corrected chi connectivity index (χ3v) is 4.71. The molecule has 1 fully saturated rings. The van der Waals surface area contributed by atoms with Crippen molar-refractivity contribution in [3.63, 3.8) is 0 Å². The van der Waals surface area contributed by atoms with Crippen LogP contribution in [0.5, 0.6) is 0 Å². The van der Waals surface area contributed by atoms with Gasteiger partial charge in [-0.05, 0) is 36.5 Å². The van der Waals surface area contributed by atoms with Gasteiger partial charge in [0.05, 0.1) is 12.6 Å². The van der Waals surface area contributed by atoms with E-state index in [1.807, 2.05) is 18.2 Å². The van der Waals surface area contributed by atoms with Crippen LogP contribution in [0.2, 0.25) is 0 Å². The van der Waals surface area contributed by atoms with E-state index in [-0.39, 0.29) is 30.2 Å². The Kier molecular flexibility index (Phi) is 5.53. The van der Waals surface area contributed by atoms with Gasteiger partial charge in [0.25, 0.3) is 5.91 Å². The zero-order chi connectivity index (χ0) is 17.6. The third kappa shape index (κ3) is 4.50. The molecule has 1 heterocycles. The lowest BCUT2D eigenvalue weighted by atomic mass is 9.91. The number of hydrogen-bond acceptors (Lipinski definition) is 3. The summed E-state index contributed by atoms with van der Waals surface area (Å²) in [7, 11) is 0. The summed E-state index contributed by atoms with van der Waals surface area (Å²) in [5.41, 5.74) is 1.13. The maximum Gasteiger partial charge on any atom is 0.287 e. The fourth-order valence-corrected chi connectivity index (χ4v) is 3.44. The van der Waals surface area contributed by atoms with E-state index in [1.165, 1.54) is 19.8 Å². The van der Waals surface area contributed by atoms with E-state index in [2.05, 4.69) is 22.8 Å². The standard InChI is InChI=1S/C20H24N2O3/c1-14(23)21-13-17-11-12-18(25-17)20(24)22-19(16-9-5-6-10-16)15-7-3-2-4-8-15/h2-4,7-8,11-12,16,19H,5-6,9-10,13H2,1H3,(H,21,23)(H,22,24)/t19-/m0/s1. The fraction of sp³-hybridized carbons (Fsp3) is 0.400. The average molecular weight is 340 g/mol. The van der Waals surface area contributed by atoms with Crippen LogP contribution in [0.1, 0.15) is 60.5 Å². The summed E-state index contributed by atoms with van der Waals surface area (Å²) in [6.45, 7) is 1.73. The lowest BCUT2D eigenvalue weighted by molar-refractivity contribution is -0.119. The van der Waals surface area contributed by atoms with Crippen LogP contribution >= 0.6 is 0 Å². The topological polar surface area (TPSA) is 71.3 Å². The molecule has 132 valence electrons. The van der Waals surface area contributed by atoms with E-state index in [4.69, 9.17) is 4.42 Å². The Bertz CT molecular complexity index is 718.